The summed E-state index contributed by atoms with van der Waals surface area (Å²) in [5, 5.41) is 3.35. The molecule has 102 valence electrons. The summed E-state index contributed by atoms with van der Waals surface area (Å²) in [6, 6.07) is 4.44. The number of nitrogens with zero attached hydrogens (tertiary/aromatic N) is 1. The van der Waals surface area contributed by atoms with Gasteiger partial charge in [-0.2, -0.15) is 0 Å². The van der Waals surface area contributed by atoms with Crippen LogP contribution in [0.5, 0.6) is 5.75 Å². The van der Waals surface area contributed by atoms with E-state index in [0.29, 0.717) is 12.5 Å². The summed E-state index contributed by atoms with van der Waals surface area (Å²) in [6.45, 7) is 4.01. The summed E-state index contributed by atoms with van der Waals surface area (Å²) in [7, 11) is 1.68. The summed E-state index contributed by atoms with van der Waals surface area (Å²) < 4.78 is 5.50. The van der Waals surface area contributed by atoms with E-state index >= 15 is 0 Å². The van der Waals surface area contributed by atoms with Crippen LogP contribution in [0.15, 0.2) is 12.1 Å². The van der Waals surface area contributed by atoms with E-state index in [1.54, 1.807) is 7.11 Å². The zero-order valence-corrected chi connectivity index (χ0v) is 11.5. The van der Waals surface area contributed by atoms with Crippen LogP contribution in [0.4, 0.5) is 5.69 Å². The quantitative estimate of drug-likeness (QED) is 0.879. The van der Waals surface area contributed by atoms with Crippen molar-refractivity contribution >= 4 is 11.6 Å². The van der Waals surface area contributed by atoms with Gasteiger partial charge >= 0.3 is 0 Å². The molecule has 1 aromatic carbocycles. The molecule has 4 heteroatoms. The number of hydrogen-bond acceptors (Lipinski definition) is 3. The van der Waals surface area contributed by atoms with Gasteiger partial charge in [-0.1, -0.05) is 6.07 Å². The molecule has 4 nitrogen and oxygen atoms in total. The molecule has 1 N–H and O–H groups in total. The average Bonchev–Trinajstić information content (AvgIpc) is 2.74. The van der Waals surface area contributed by atoms with E-state index in [-0.39, 0.29) is 5.91 Å². The first-order valence-electron chi connectivity index (χ1n) is 6.91. The largest absolute Gasteiger partial charge is 0.495 e. The maximum atomic E-state index is 12.4. The molecule has 0 spiro atoms. The molecule has 2 aliphatic heterocycles. The number of methoxy groups -OCH3 is 1. The number of carbonyl (C=O) groups is 1. The molecule has 0 bridgehead atoms. The standard InChI is InChI=1S/C15H20N2O2/c1-10-7-11-9-14(18)17(12-3-5-16-6-4-12)15(11)13(8-10)19-2/h7-8,12,16H,3-6,9H2,1-2H3. The molecule has 0 unspecified atom stereocenters. The van der Waals surface area contributed by atoms with Gasteiger partial charge in [0, 0.05) is 6.04 Å². The third-order valence-corrected chi connectivity index (χ3v) is 4.04. The molecule has 0 aromatic heterocycles. The topological polar surface area (TPSA) is 41.6 Å². The Morgan fingerprint density at radius 1 is 1.32 bits per heavy atom. The number of hydrogen-bond donors (Lipinski definition) is 1. The second kappa shape index (κ2) is 4.85. The third kappa shape index (κ3) is 2.10. The number of carbonyl (C=O) groups excluding carboxylic acids is 1. The van der Waals surface area contributed by atoms with Gasteiger partial charge in [-0.05, 0) is 50.0 Å². The van der Waals surface area contributed by atoms with Crippen molar-refractivity contribution in [2.75, 3.05) is 25.1 Å². The monoisotopic (exact) mass is 260 g/mol. The molecule has 0 atom stereocenters. The van der Waals surface area contributed by atoms with Crippen LogP contribution in [0.3, 0.4) is 0 Å². The molecular formula is C15H20N2O2. The smallest absolute Gasteiger partial charge is 0.231 e. The minimum absolute atomic E-state index is 0.214. The number of rotatable bonds is 2. The lowest BCUT2D eigenvalue weighted by Crippen LogP contribution is -2.44. The molecule has 3 rings (SSSR count). The SMILES string of the molecule is COc1cc(C)cc2c1N(C1CCNCC1)C(=O)C2. The molecule has 1 saturated heterocycles. The molecule has 1 aromatic rings. The van der Waals surface area contributed by atoms with E-state index in [1.165, 1.54) is 0 Å². The van der Waals surface area contributed by atoms with Gasteiger partial charge in [0.15, 0.2) is 0 Å². The molecule has 19 heavy (non-hydrogen) atoms. The Morgan fingerprint density at radius 3 is 2.74 bits per heavy atom. The minimum atomic E-state index is 0.214. The van der Waals surface area contributed by atoms with Crippen molar-refractivity contribution in [3.8, 4) is 5.75 Å². The number of fused-ring (bicyclic) bond motifs is 1. The number of aryl methyl sites for hydroxylation is 1. The predicted molar refractivity (Wildman–Crippen MR) is 74.8 cm³/mol. The highest BCUT2D eigenvalue weighted by molar-refractivity contribution is 6.03. The van der Waals surface area contributed by atoms with Crippen LogP contribution < -0.4 is 15.0 Å². The van der Waals surface area contributed by atoms with Crippen molar-refractivity contribution in [3.05, 3.63) is 23.3 Å². The molecule has 2 aliphatic rings. The molecule has 1 amide bonds. The summed E-state index contributed by atoms with van der Waals surface area (Å²) in [5.41, 5.74) is 3.26. The average molecular weight is 260 g/mol. The van der Waals surface area contributed by atoms with Gasteiger partial charge in [0.25, 0.3) is 0 Å². The predicted octanol–water partition coefficient (Wildman–Crippen LogP) is 1.64. The van der Waals surface area contributed by atoms with E-state index in [0.717, 1.165) is 48.5 Å². The van der Waals surface area contributed by atoms with Crippen molar-refractivity contribution in [2.45, 2.75) is 32.2 Å². The Bertz CT molecular complexity index is 507. The highest BCUT2D eigenvalue weighted by Crippen LogP contribution is 2.41. The van der Waals surface area contributed by atoms with Crippen LogP contribution in [-0.4, -0.2) is 32.1 Å². The first-order valence-corrected chi connectivity index (χ1v) is 6.91. The fourth-order valence-electron chi connectivity index (χ4n) is 3.21. The Balaban J connectivity index is 2.02. The van der Waals surface area contributed by atoms with Crippen LogP contribution in [-0.2, 0) is 11.2 Å². The maximum Gasteiger partial charge on any atom is 0.231 e. The number of ether oxygens (including phenoxy) is 1. The number of nitrogens with one attached hydrogen (secondary N) is 1. The fourth-order valence-corrected chi connectivity index (χ4v) is 3.21. The summed E-state index contributed by atoms with van der Waals surface area (Å²) in [6.07, 6.45) is 2.54. The number of anilines is 1. The van der Waals surface area contributed by atoms with Crippen molar-refractivity contribution in [2.24, 2.45) is 0 Å². The van der Waals surface area contributed by atoms with Gasteiger partial charge in [-0.25, -0.2) is 0 Å². The lowest BCUT2D eigenvalue weighted by atomic mass is 10.0. The second-order valence-electron chi connectivity index (χ2n) is 5.40. The number of benzene rings is 1. The van der Waals surface area contributed by atoms with Crippen molar-refractivity contribution in [1.29, 1.82) is 0 Å². The van der Waals surface area contributed by atoms with Gasteiger partial charge < -0.3 is 15.0 Å². The van der Waals surface area contributed by atoms with Gasteiger partial charge in [-0.15, -0.1) is 0 Å². The number of amides is 1. The van der Waals surface area contributed by atoms with E-state index in [2.05, 4.69) is 11.4 Å². The summed E-state index contributed by atoms with van der Waals surface area (Å²) >= 11 is 0. The van der Waals surface area contributed by atoms with E-state index < -0.39 is 0 Å². The summed E-state index contributed by atoms with van der Waals surface area (Å²) in [4.78, 5) is 14.3. The molecular weight excluding hydrogens is 240 g/mol. The van der Waals surface area contributed by atoms with Gasteiger partial charge in [0.2, 0.25) is 5.91 Å². The minimum Gasteiger partial charge on any atom is -0.495 e. The zero-order chi connectivity index (χ0) is 13.4. The Labute approximate surface area is 113 Å². The van der Waals surface area contributed by atoms with Crippen molar-refractivity contribution < 1.29 is 9.53 Å². The molecule has 0 radical (unpaired) electrons. The van der Waals surface area contributed by atoms with Gasteiger partial charge in [0.1, 0.15) is 5.75 Å². The van der Waals surface area contributed by atoms with Crippen molar-refractivity contribution in [3.63, 3.8) is 0 Å². The molecule has 1 fully saturated rings. The molecule has 0 aliphatic carbocycles. The lowest BCUT2D eigenvalue weighted by Gasteiger charge is -2.32. The second-order valence-corrected chi connectivity index (χ2v) is 5.40. The van der Waals surface area contributed by atoms with E-state index in [1.807, 2.05) is 17.9 Å². The van der Waals surface area contributed by atoms with Crippen LogP contribution >= 0.6 is 0 Å². The van der Waals surface area contributed by atoms with Gasteiger partial charge in [0.05, 0.1) is 19.2 Å². The van der Waals surface area contributed by atoms with Crippen LogP contribution in [0, 0.1) is 6.92 Å². The first kappa shape index (κ1) is 12.5. The zero-order valence-electron chi connectivity index (χ0n) is 11.5. The Kier molecular flexibility index (Phi) is 3.19. The number of piperidine rings is 1. The van der Waals surface area contributed by atoms with Crippen LogP contribution in [0.2, 0.25) is 0 Å². The van der Waals surface area contributed by atoms with Crippen LogP contribution in [0.1, 0.15) is 24.0 Å². The fraction of sp³-hybridized carbons (Fsp3) is 0.533. The van der Waals surface area contributed by atoms with Crippen LogP contribution in [0.25, 0.3) is 0 Å². The third-order valence-electron chi connectivity index (χ3n) is 4.04. The van der Waals surface area contributed by atoms with Gasteiger partial charge in [-0.3, -0.25) is 4.79 Å². The summed E-state index contributed by atoms with van der Waals surface area (Å²) in [5.74, 6) is 1.05. The Hall–Kier alpha value is -1.55. The Morgan fingerprint density at radius 2 is 2.05 bits per heavy atom. The normalized spacial score (nSPS) is 19.7. The lowest BCUT2D eigenvalue weighted by molar-refractivity contribution is -0.117. The highest BCUT2D eigenvalue weighted by atomic mass is 16.5. The first-order chi connectivity index (χ1) is 9.20. The molecule has 2 heterocycles. The van der Waals surface area contributed by atoms with Crippen molar-refractivity contribution in [1.82, 2.24) is 5.32 Å². The molecule has 0 saturated carbocycles. The van der Waals surface area contributed by atoms with E-state index in [9.17, 15) is 4.79 Å². The maximum absolute atomic E-state index is 12.4. The highest BCUT2D eigenvalue weighted by Gasteiger charge is 2.36. The van der Waals surface area contributed by atoms with E-state index in [4.69, 9.17) is 4.74 Å².